The maximum Gasteiger partial charge on any atom is 0.246 e. The number of thiazole rings is 1. The quantitative estimate of drug-likeness (QED) is 0.718. The average Bonchev–Trinajstić information content (AvgIpc) is 2.70. The maximum absolute atomic E-state index is 11.5. The van der Waals surface area contributed by atoms with Gasteiger partial charge in [-0.25, -0.2) is 4.98 Å². The molecule has 0 atom stereocenters. The first kappa shape index (κ1) is 11.9. The number of nitrogens with zero attached hydrogens (tertiary/aromatic N) is 2. The van der Waals surface area contributed by atoms with E-state index in [1.807, 2.05) is 19.2 Å². The molecule has 0 N–H and O–H groups in total. The fourth-order valence-electron chi connectivity index (χ4n) is 1.33. The highest BCUT2D eigenvalue weighted by molar-refractivity contribution is 7.09. The van der Waals surface area contributed by atoms with Gasteiger partial charge in [0, 0.05) is 30.6 Å². The normalized spacial score (nSPS) is 10.3. The standard InChI is InChI=1S/C11H16N2OS/c1-4-11(14)13(9(2)3)7-5-10-12-6-8-15-10/h4,6,8-9H,1,5,7H2,2-3H3. The Hall–Kier alpha value is -1.16. The van der Waals surface area contributed by atoms with E-state index in [2.05, 4.69) is 11.6 Å². The zero-order valence-corrected chi connectivity index (χ0v) is 9.96. The van der Waals surface area contributed by atoms with E-state index in [0.717, 1.165) is 11.4 Å². The molecule has 1 aromatic heterocycles. The molecule has 4 heteroatoms. The lowest BCUT2D eigenvalue weighted by Gasteiger charge is -2.24. The van der Waals surface area contributed by atoms with E-state index in [0.29, 0.717) is 6.54 Å². The second-order valence-electron chi connectivity index (χ2n) is 3.51. The molecule has 1 rings (SSSR count). The fraction of sp³-hybridized carbons (Fsp3) is 0.455. The Kier molecular flexibility index (Phi) is 4.49. The Bertz CT molecular complexity index is 319. The molecule has 0 aliphatic rings. The van der Waals surface area contributed by atoms with Crippen molar-refractivity contribution in [2.45, 2.75) is 26.3 Å². The third kappa shape index (κ3) is 3.47. The third-order valence-corrected chi connectivity index (χ3v) is 2.97. The van der Waals surface area contributed by atoms with Crippen LogP contribution in [0.25, 0.3) is 0 Å². The first-order valence-electron chi connectivity index (χ1n) is 4.96. The van der Waals surface area contributed by atoms with Gasteiger partial charge in [-0.3, -0.25) is 4.79 Å². The molecule has 82 valence electrons. The van der Waals surface area contributed by atoms with E-state index in [9.17, 15) is 4.79 Å². The first-order valence-corrected chi connectivity index (χ1v) is 5.84. The van der Waals surface area contributed by atoms with Gasteiger partial charge in [-0.15, -0.1) is 11.3 Å². The predicted octanol–water partition coefficient (Wildman–Crippen LogP) is 2.11. The number of aromatic nitrogens is 1. The van der Waals surface area contributed by atoms with Gasteiger partial charge in [-0.2, -0.15) is 0 Å². The number of carbonyl (C=O) groups is 1. The summed E-state index contributed by atoms with van der Waals surface area (Å²) in [5.74, 6) is -0.0124. The summed E-state index contributed by atoms with van der Waals surface area (Å²) in [5, 5.41) is 3.02. The molecule has 0 radical (unpaired) electrons. The predicted molar refractivity (Wildman–Crippen MR) is 62.9 cm³/mol. The summed E-state index contributed by atoms with van der Waals surface area (Å²) in [6.45, 7) is 8.22. The topological polar surface area (TPSA) is 33.2 Å². The summed E-state index contributed by atoms with van der Waals surface area (Å²) >= 11 is 1.62. The lowest BCUT2D eigenvalue weighted by molar-refractivity contribution is -0.127. The van der Waals surface area contributed by atoms with Crippen LogP contribution < -0.4 is 0 Å². The highest BCUT2D eigenvalue weighted by Crippen LogP contribution is 2.07. The van der Waals surface area contributed by atoms with E-state index < -0.39 is 0 Å². The van der Waals surface area contributed by atoms with Gasteiger partial charge >= 0.3 is 0 Å². The fourth-order valence-corrected chi connectivity index (χ4v) is 1.94. The monoisotopic (exact) mass is 224 g/mol. The van der Waals surface area contributed by atoms with E-state index in [-0.39, 0.29) is 11.9 Å². The van der Waals surface area contributed by atoms with Crippen LogP contribution in [0.1, 0.15) is 18.9 Å². The zero-order chi connectivity index (χ0) is 11.3. The Morgan fingerprint density at radius 3 is 2.93 bits per heavy atom. The van der Waals surface area contributed by atoms with Crippen molar-refractivity contribution in [2.24, 2.45) is 0 Å². The van der Waals surface area contributed by atoms with Gasteiger partial charge in [0.2, 0.25) is 5.91 Å². The van der Waals surface area contributed by atoms with Gasteiger partial charge in [-0.1, -0.05) is 6.58 Å². The maximum atomic E-state index is 11.5. The number of amides is 1. The molecule has 0 aliphatic carbocycles. The van der Waals surface area contributed by atoms with Crippen molar-refractivity contribution in [3.05, 3.63) is 29.2 Å². The number of hydrogen-bond donors (Lipinski definition) is 0. The van der Waals surface area contributed by atoms with Crippen molar-refractivity contribution in [1.82, 2.24) is 9.88 Å². The summed E-state index contributed by atoms with van der Waals surface area (Å²) in [5.41, 5.74) is 0. The van der Waals surface area contributed by atoms with Crippen molar-refractivity contribution in [3.63, 3.8) is 0 Å². The second kappa shape index (κ2) is 5.66. The summed E-state index contributed by atoms with van der Waals surface area (Å²) in [4.78, 5) is 17.5. The Morgan fingerprint density at radius 1 is 1.73 bits per heavy atom. The van der Waals surface area contributed by atoms with E-state index in [4.69, 9.17) is 0 Å². The van der Waals surface area contributed by atoms with Crippen LogP contribution in [-0.4, -0.2) is 28.4 Å². The van der Waals surface area contributed by atoms with Gasteiger partial charge in [-0.05, 0) is 19.9 Å². The molecule has 0 bridgehead atoms. The Labute approximate surface area is 94.4 Å². The van der Waals surface area contributed by atoms with Gasteiger partial charge in [0.15, 0.2) is 0 Å². The van der Waals surface area contributed by atoms with Crippen LogP contribution in [0.4, 0.5) is 0 Å². The molecule has 0 saturated carbocycles. The molecule has 0 saturated heterocycles. The van der Waals surface area contributed by atoms with Crippen LogP contribution >= 0.6 is 11.3 Å². The van der Waals surface area contributed by atoms with Crippen molar-refractivity contribution >= 4 is 17.2 Å². The highest BCUT2D eigenvalue weighted by Gasteiger charge is 2.13. The van der Waals surface area contributed by atoms with Crippen molar-refractivity contribution in [2.75, 3.05) is 6.54 Å². The molecular formula is C11H16N2OS. The van der Waals surface area contributed by atoms with Gasteiger partial charge < -0.3 is 4.90 Å². The minimum Gasteiger partial charge on any atom is -0.336 e. The van der Waals surface area contributed by atoms with Crippen molar-refractivity contribution < 1.29 is 4.79 Å². The van der Waals surface area contributed by atoms with Crippen LogP contribution in [0, 0.1) is 0 Å². The lowest BCUT2D eigenvalue weighted by atomic mass is 10.2. The van der Waals surface area contributed by atoms with Crippen LogP contribution in [0.2, 0.25) is 0 Å². The van der Waals surface area contributed by atoms with Crippen LogP contribution in [0.3, 0.4) is 0 Å². The van der Waals surface area contributed by atoms with E-state index >= 15 is 0 Å². The van der Waals surface area contributed by atoms with Crippen molar-refractivity contribution in [3.8, 4) is 0 Å². The Balaban J connectivity index is 2.52. The lowest BCUT2D eigenvalue weighted by Crippen LogP contribution is -2.37. The minimum absolute atomic E-state index is 0.0124. The van der Waals surface area contributed by atoms with Crippen molar-refractivity contribution in [1.29, 1.82) is 0 Å². The summed E-state index contributed by atoms with van der Waals surface area (Å²) in [7, 11) is 0. The van der Waals surface area contributed by atoms with Crippen LogP contribution in [0.5, 0.6) is 0 Å². The molecule has 1 aromatic rings. The van der Waals surface area contributed by atoms with Gasteiger partial charge in [0.05, 0.1) is 5.01 Å². The zero-order valence-electron chi connectivity index (χ0n) is 9.14. The van der Waals surface area contributed by atoms with Crippen LogP contribution in [0.15, 0.2) is 24.2 Å². The third-order valence-electron chi connectivity index (χ3n) is 2.13. The number of carbonyl (C=O) groups excluding carboxylic acids is 1. The van der Waals surface area contributed by atoms with E-state index in [1.165, 1.54) is 6.08 Å². The first-order chi connectivity index (χ1) is 7.15. The van der Waals surface area contributed by atoms with Gasteiger partial charge in [0.25, 0.3) is 0 Å². The number of hydrogen-bond acceptors (Lipinski definition) is 3. The summed E-state index contributed by atoms with van der Waals surface area (Å²) in [6.07, 6.45) is 3.96. The molecule has 0 fully saturated rings. The molecule has 0 aromatic carbocycles. The molecule has 0 aliphatic heterocycles. The van der Waals surface area contributed by atoms with E-state index in [1.54, 1.807) is 22.4 Å². The molecule has 1 amide bonds. The SMILES string of the molecule is C=CC(=O)N(CCc1nccs1)C(C)C. The second-order valence-corrected chi connectivity index (χ2v) is 4.48. The molecule has 0 spiro atoms. The molecule has 0 unspecified atom stereocenters. The molecule has 1 heterocycles. The molecular weight excluding hydrogens is 208 g/mol. The van der Waals surface area contributed by atoms with Gasteiger partial charge in [0.1, 0.15) is 0 Å². The van der Waals surface area contributed by atoms with Crippen LogP contribution in [-0.2, 0) is 11.2 Å². The summed E-state index contributed by atoms with van der Waals surface area (Å²) < 4.78 is 0. The smallest absolute Gasteiger partial charge is 0.246 e. The Morgan fingerprint density at radius 2 is 2.47 bits per heavy atom. The average molecular weight is 224 g/mol. The number of rotatable bonds is 5. The summed E-state index contributed by atoms with van der Waals surface area (Å²) in [6, 6.07) is 0.204. The minimum atomic E-state index is -0.0124. The molecule has 3 nitrogen and oxygen atoms in total. The largest absolute Gasteiger partial charge is 0.336 e. The highest BCUT2D eigenvalue weighted by atomic mass is 32.1. The molecule has 15 heavy (non-hydrogen) atoms.